The second-order valence-electron chi connectivity index (χ2n) is 5.73. The Labute approximate surface area is 82.2 Å². The van der Waals surface area contributed by atoms with E-state index >= 15 is 0 Å². The molecule has 4 heteroatoms. The molecule has 80 valence electrons. The molecule has 0 heterocycles. The molecule has 0 N–H and O–H groups in total. The Bertz CT molecular complexity index is 257. The highest BCUT2D eigenvalue weighted by atomic mass is 31.2. The van der Waals surface area contributed by atoms with Crippen LogP contribution in [0.25, 0.3) is 0 Å². The molecule has 0 radical (unpaired) electrons. The van der Waals surface area contributed by atoms with E-state index in [9.17, 15) is 9.13 Å². The molecule has 0 saturated heterocycles. The van der Waals surface area contributed by atoms with E-state index in [1.807, 2.05) is 0 Å². The van der Waals surface area contributed by atoms with Gasteiger partial charge in [0.05, 0.1) is 20.2 Å². The van der Waals surface area contributed by atoms with Crippen LogP contribution in [0.3, 0.4) is 0 Å². The third-order valence-corrected chi connectivity index (χ3v) is 8.18. The highest BCUT2D eigenvalue weighted by molar-refractivity contribution is 7.79. The SMILES string of the molecule is CC(C)(C)CP(C)(=O)CP(C)(C)=O. The predicted molar refractivity (Wildman–Crippen MR) is 62.2 cm³/mol. The molecule has 0 saturated carbocycles. The number of rotatable bonds is 3. The zero-order valence-electron chi connectivity index (χ0n) is 9.63. The van der Waals surface area contributed by atoms with Crippen LogP contribution in [0.1, 0.15) is 20.8 Å². The lowest BCUT2D eigenvalue weighted by Crippen LogP contribution is -2.12. The van der Waals surface area contributed by atoms with Crippen LogP contribution in [0.15, 0.2) is 0 Å². The summed E-state index contributed by atoms with van der Waals surface area (Å²) in [7, 11) is -4.34. The van der Waals surface area contributed by atoms with Crippen molar-refractivity contribution in [2.75, 3.05) is 32.1 Å². The van der Waals surface area contributed by atoms with Crippen molar-refractivity contribution in [1.29, 1.82) is 0 Å². The van der Waals surface area contributed by atoms with Gasteiger partial charge in [-0.25, -0.2) is 0 Å². The van der Waals surface area contributed by atoms with Gasteiger partial charge in [0.15, 0.2) is 0 Å². The normalized spacial score (nSPS) is 18.3. The summed E-state index contributed by atoms with van der Waals surface area (Å²) in [6.45, 7) is 11.4. The maximum atomic E-state index is 12.1. The first-order chi connectivity index (χ1) is 5.41. The fourth-order valence-electron chi connectivity index (χ4n) is 1.77. The topological polar surface area (TPSA) is 34.1 Å². The fourth-order valence-corrected chi connectivity index (χ4v) is 9.94. The van der Waals surface area contributed by atoms with Gasteiger partial charge in [0.1, 0.15) is 0 Å². The summed E-state index contributed by atoms with van der Waals surface area (Å²) in [4.78, 5) is 0. The second-order valence-corrected chi connectivity index (χ2v) is 12.9. The monoisotopic (exact) mass is 224 g/mol. The minimum absolute atomic E-state index is 0.0689. The van der Waals surface area contributed by atoms with E-state index in [0.29, 0.717) is 12.1 Å². The van der Waals surface area contributed by atoms with Gasteiger partial charge in [-0.1, -0.05) is 20.8 Å². The zero-order valence-corrected chi connectivity index (χ0v) is 11.4. The second kappa shape index (κ2) is 3.91. The Kier molecular flexibility index (Phi) is 4.05. The molecule has 0 fully saturated rings. The van der Waals surface area contributed by atoms with Crippen LogP contribution in [0.2, 0.25) is 0 Å². The average Bonchev–Trinajstić information content (AvgIpc) is 1.43. The van der Waals surface area contributed by atoms with Crippen LogP contribution >= 0.6 is 14.3 Å². The van der Waals surface area contributed by atoms with Crippen LogP contribution in [-0.4, -0.2) is 32.1 Å². The van der Waals surface area contributed by atoms with E-state index < -0.39 is 14.3 Å². The smallest absolute Gasteiger partial charge is 0.0923 e. The molecule has 0 aromatic carbocycles. The van der Waals surface area contributed by atoms with Crippen LogP contribution in [0.4, 0.5) is 0 Å². The van der Waals surface area contributed by atoms with Gasteiger partial charge in [0.25, 0.3) is 0 Å². The molecule has 1 atom stereocenters. The lowest BCUT2D eigenvalue weighted by atomic mass is 10.0. The van der Waals surface area contributed by atoms with Crippen molar-refractivity contribution in [2.45, 2.75) is 20.8 Å². The first-order valence-corrected chi connectivity index (χ1v) is 9.82. The van der Waals surface area contributed by atoms with Crippen molar-refractivity contribution in [2.24, 2.45) is 5.41 Å². The summed E-state index contributed by atoms with van der Waals surface area (Å²) in [6, 6.07) is 0. The Hall–Kier alpha value is 0.460. The molecule has 0 aromatic rings. The Balaban J connectivity index is 4.44. The Morgan fingerprint density at radius 1 is 1.00 bits per heavy atom. The average molecular weight is 224 g/mol. The highest BCUT2D eigenvalue weighted by Crippen LogP contribution is 2.57. The first-order valence-electron chi connectivity index (χ1n) is 4.51. The van der Waals surface area contributed by atoms with Gasteiger partial charge in [-0.15, -0.1) is 0 Å². The molecule has 2 nitrogen and oxygen atoms in total. The minimum atomic E-state index is -2.20. The van der Waals surface area contributed by atoms with Gasteiger partial charge in [-0.3, -0.25) is 0 Å². The molecule has 0 spiro atoms. The summed E-state index contributed by atoms with van der Waals surface area (Å²) in [5.74, 6) is 0.414. The maximum absolute atomic E-state index is 12.1. The first kappa shape index (κ1) is 13.5. The molecular formula is C9H22O2P2. The zero-order chi connectivity index (χ0) is 10.9. The molecule has 1 unspecified atom stereocenters. The summed E-state index contributed by atoms with van der Waals surface area (Å²) in [5.41, 5.74) is 0.0689. The van der Waals surface area contributed by atoms with E-state index in [4.69, 9.17) is 0 Å². The van der Waals surface area contributed by atoms with Gasteiger partial charge in [-0.2, -0.15) is 0 Å². The van der Waals surface area contributed by atoms with Gasteiger partial charge in [0.2, 0.25) is 0 Å². The van der Waals surface area contributed by atoms with E-state index in [-0.39, 0.29) is 5.41 Å². The van der Waals surface area contributed by atoms with Gasteiger partial charge in [-0.05, 0) is 25.4 Å². The largest absolute Gasteiger partial charge is 0.324 e. The summed E-state index contributed by atoms with van der Waals surface area (Å²) >= 11 is 0. The number of hydrogen-bond acceptors (Lipinski definition) is 2. The van der Waals surface area contributed by atoms with Crippen molar-refractivity contribution in [3.05, 3.63) is 0 Å². The highest BCUT2D eigenvalue weighted by Gasteiger charge is 2.28. The molecule has 0 aliphatic carbocycles. The Morgan fingerprint density at radius 3 is 1.62 bits per heavy atom. The molecule has 0 rings (SSSR count). The van der Waals surface area contributed by atoms with Crippen molar-refractivity contribution in [3.63, 3.8) is 0 Å². The van der Waals surface area contributed by atoms with E-state index in [1.165, 1.54) is 0 Å². The lowest BCUT2D eigenvalue weighted by molar-refractivity contribution is 0.463. The van der Waals surface area contributed by atoms with Gasteiger partial charge >= 0.3 is 0 Å². The van der Waals surface area contributed by atoms with Crippen LogP contribution in [0.5, 0.6) is 0 Å². The predicted octanol–water partition coefficient (Wildman–Crippen LogP) is 3.61. The van der Waals surface area contributed by atoms with E-state index in [2.05, 4.69) is 20.8 Å². The molecule has 0 bridgehead atoms. The van der Waals surface area contributed by atoms with Crippen molar-refractivity contribution in [1.82, 2.24) is 0 Å². The van der Waals surface area contributed by atoms with Crippen molar-refractivity contribution >= 4 is 14.3 Å². The molecule has 0 amide bonds. The van der Waals surface area contributed by atoms with Crippen molar-refractivity contribution in [3.8, 4) is 0 Å². The fraction of sp³-hybridized carbons (Fsp3) is 1.00. The maximum Gasteiger partial charge on any atom is 0.0923 e. The van der Waals surface area contributed by atoms with E-state index in [0.717, 1.165) is 0 Å². The van der Waals surface area contributed by atoms with Crippen LogP contribution in [-0.2, 0) is 9.13 Å². The summed E-state index contributed by atoms with van der Waals surface area (Å²) in [5, 5.41) is 0. The van der Waals surface area contributed by atoms with E-state index in [1.54, 1.807) is 20.0 Å². The molecular weight excluding hydrogens is 202 g/mol. The third kappa shape index (κ3) is 8.78. The number of hydrogen-bond donors (Lipinski definition) is 0. The lowest BCUT2D eigenvalue weighted by Gasteiger charge is -2.24. The molecule has 0 aliphatic rings. The molecule has 0 aromatic heterocycles. The third-order valence-electron chi connectivity index (χ3n) is 1.45. The van der Waals surface area contributed by atoms with Crippen molar-refractivity contribution < 1.29 is 9.13 Å². The summed E-state index contributed by atoms with van der Waals surface area (Å²) in [6.07, 6.45) is 0.686. The van der Waals surface area contributed by atoms with Gasteiger partial charge in [0, 0.05) is 6.16 Å². The van der Waals surface area contributed by atoms with Crippen LogP contribution < -0.4 is 0 Å². The Morgan fingerprint density at radius 2 is 1.38 bits per heavy atom. The van der Waals surface area contributed by atoms with Gasteiger partial charge < -0.3 is 9.13 Å². The standard InChI is InChI=1S/C9H22O2P2/c1-9(2,3)7-13(6,11)8-12(4,5)10/h7-8H2,1-6H3. The van der Waals surface area contributed by atoms with Crippen LogP contribution in [0, 0.1) is 5.41 Å². The molecule has 0 aliphatic heterocycles. The molecule has 13 heavy (non-hydrogen) atoms. The quantitative estimate of drug-likeness (QED) is 0.686. The summed E-state index contributed by atoms with van der Waals surface area (Å²) < 4.78 is 23.6. The minimum Gasteiger partial charge on any atom is -0.324 e.